The second-order valence-corrected chi connectivity index (χ2v) is 6.86. The lowest BCUT2D eigenvalue weighted by Gasteiger charge is -2.39. The van der Waals surface area contributed by atoms with Gasteiger partial charge in [-0.25, -0.2) is 0 Å². The molecule has 3 saturated heterocycles. The molecule has 0 radical (unpaired) electrons. The van der Waals surface area contributed by atoms with Crippen LogP contribution in [0.2, 0.25) is 0 Å². The van der Waals surface area contributed by atoms with Crippen molar-refractivity contribution in [3.63, 3.8) is 0 Å². The first-order valence-electron chi connectivity index (χ1n) is 7.61. The summed E-state index contributed by atoms with van der Waals surface area (Å²) in [6, 6.07) is 10.0. The van der Waals surface area contributed by atoms with E-state index in [4.69, 9.17) is 18.9 Å². The molecule has 0 aliphatic carbocycles. The molecule has 21 heavy (non-hydrogen) atoms. The fourth-order valence-corrected chi connectivity index (χ4v) is 4.07. The predicted octanol–water partition coefficient (Wildman–Crippen LogP) is 2.74. The summed E-state index contributed by atoms with van der Waals surface area (Å²) in [5.41, 5.74) is 1.19. The van der Waals surface area contributed by atoms with E-state index in [0.29, 0.717) is 6.61 Å². The van der Waals surface area contributed by atoms with E-state index in [2.05, 4.69) is 6.92 Å². The van der Waals surface area contributed by atoms with Crippen LogP contribution in [-0.2, 0) is 18.9 Å². The molecule has 114 valence electrons. The van der Waals surface area contributed by atoms with E-state index in [0.717, 1.165) is 17.7 Å². The van der Waals surface area contributed by atoms with Crippen LogP contribution >= 0.6 is 11.8 Å². The van der Waals surface area contributed by atoms with E-state index in [1.54, 1.807) is 0 Å². The Kier molecular flexibility index (Phi) is 3.94. The summed E-state index contributed by atoms with van der Waals surface area (Å²) in [5.74, 6) is 1.10. The minimum atomic E-state index is -0.305. The second-order valence-electron chi connectivity index (χ2n) is 5.66. The molecule has 4 nitrogen and oxygen atoms in total. The van der Waals surface area contributed by atoms with Crippen molar-refractivity contribution in [2.75, 3.05) is 12.4 Å². The van der Waals surface area contributed by atoms with Crippen molar-refractivity contribution in [2.24, 2.45) is 0 Å². The Balaban J connectivity index is 1.42. The summed E-state index contributed by atoms with van der Waals surface area (Å²) in [5, 5.41) is 0. The van der Waals surface area contributed by atoms with Gasteiger partial charge in [0.05, 0.1) is 6.61 Å². The molecule has 3 aliphatic rings. The van der Waals surface area contributed by atoms with Crippen molar-refractivity contribution in [2.45, 2.75) is 49.5 Å². The van der Waals surface area contributed by atoms with Gasteiger partial charge >= 0.3 is 0 Å². The van der Waals surface area contributed by atoms with Crippen molar-refractivity contribution in [3.8, 4) is 0 Å². The Morgan fingerprint density at radius 1 is 1.05 bits per heavy atom. The number of thioether (sulfide) groups is 1. The van der Waals surface area contributed by atoms with E-state index in [-0.39, 0.29) is 36.1 Å². The maximum atomic E-state index is 6.12. The molecule has 6 atom stereocenters. The van der Waals surface area contributed by atoms with Gasteiger partial charge in [0.25, 0.3) is 0 Å². The van der Waals surface area contributed by atoms with Crippen LogP contribution in [0, 0.1) is 0 Å². The van der Waals surface area contributed by atoms with Crippen LogP contribution in [0.3, 0.4) is 0 Å². The van der Waals surface area contributed by atoms with E-state index >= 15 is 0 Å². The van der Waals surface area contributed by atoms with Crippen LogP contribution < -0.4 is 0 Å². The molecule has 4 rings (SSSR count). The Bertz CT molecular complexity index is 482. The zero-order chi connectivity index (χ0) is 14.2. The van der Waals surface area contributed by atoms with E-state index in [9.17, 15) is 0 Å². The van der Waals surface area contributed by atoms with Gasteiger partial charge in [-0.3, -0.25) is 0 Å². The summed E-state index contributed by atoms with van der Waals surface area (Å²) in [4.78, 5) is 0. The minimum Gasteiger partial charge on any atom is -0.363 e. The molecule has 0 saturated carbocycles. The average molecular weight is 308 g/mol. The zero-order valence-electron chi connectivity index (χ0n) is 12.0. The molecule has 0 bridgehead atoms. The summed E-state index contributed by atoms with van der Waals surface area (Å²) in [6.07, 6.45) is 1.20. The molecular weight excluding hydrogens is 288 g/mol. The van der Waals surface area contributed by atoms with Crippen LogP contribution in [0.4, 0.5) is 0 Å². The number of hydrogen-bond acceptors (Lipinski definition) is 5. The van der Waals surface area contributed by atoms with E-state index in [1.807, 2.05) is 42.1 Å². The third kappa shape index (κ3) is 2.73. The maximum absolute atomic E-state index is 6.12. The molecule has 3 heterocycles. The second kappa shape index (κ2) is 5.89. The molecule has 0 amide bonds. The van der Waals surface area contributed by atoms with Gasteiger partial charge < -0.3 is 18.9 Å². The van der Waals surface area contributed by atoms with Crippen molar-refractivity contribution in [1.29, 1.82) is 0 Å². The van der Waals surface area contributed by atoms with Gasteiger partial charge in [0.1, 0.15) is 29.9 Å². The molecule has 1 aromatic rings. The molecule has 0 N–H and O–H groups in total. The molecule has 3 fully saturated rings. The van der Waals surface area contributed by atoms with Crippen molar-refractivity contribution in [3.05, 3.63) is 35.9 Å². The molecule has 1 unspecified atom stereocenters. The number of benzene rings is 1. The SMILES string of the molecule is CCCS[C@@H]1O[C@@H]2COC(c3ccccc3)O[C@H]2[C@@H]2O[C@@H]21. The topological polar surface area (TPSA) is 40.2 Å². The van der Waals surface area contributed by atoms with Crippen molar-refractivity contribution >= 4 is 11.8 Å². The third-order valence-corrected chi connectivity index (χ3v) is 5.43. The van der Waals surface area contributed by atoms with Crippen LogP contribution in [-0.4, -0.2) is 42.2 Å². The van der Waals surface area contributed by atoms with E-state index < -0.39 is 0 Å². The van der Waals surface area contributed by atoms with Gasteiger partial charge in [-0.2, -0.15) is 0 Å². The van der Waals surface area contributed by atoms with Gasteiger partial charge in [-0.1, -0.05) is 37.3 Å². The Morgan fingerprint density at radius 3 is 2.71 bits per heavy atom. The standard InChI is InChI=1S/C16H20O4S/c1-2-8-21-16-14-13(19-14)12-11(18-16)9-17-15(20-12)10-6-4-3-5-7-10/h3-7,11-16H,2,8-9H2,1H3/t11-,12-,13+,14+,15?,16+/m1/s1. The molecule has 1 aromatic carbocycles. The number of epoxide rings is 1. The van der Waals surface area contributed by atoms with Crippen LogP contribution in [0.1, 0.15) is 25.2 Å². The Morgan fingerprint density at radius 2 is 1.90 bits per heavy atom. The van der Waals surface area contributed by atoms with Crippen LogP contribution in [0.15, 0.2) is 30.3 Å². The predicted molar refractivity (Wildman–Crippen MR) is 80.1 cm³/mol. The maximum Gasteiger partial charge on any atom is 0.184 e. The lowest BCUT2D eigenvalue weighted by atomic mass is 10.0. The van der Waals surface area contributed by atoms with Gasteiger partial charge in [0, 0.05) is 5.56 Å². The van der Waals surface area contributed by atoms with Crippen LogP contribution in [0.5, 0.6) is 0 Å². The summed E-state index contributed by atoms with van der Waals surface area (Å²) in [6.45, 7) is 2.75. The zero-order valence-corrected chi connectivity index (χ0v) is 12.8. The highest BCUT2D eigenvalue weighted by Crippen LogP contribution is 2.46. The lowest BCUT2D eigenvalue weighted by Crippen LogP contribution is -2.51. The molecule has 0 spiro atoms. The number of ether oxygens (including phenoxy) is 4. The van der Waals surface area contributed by atoms with Gasteiger partial charge in [-0.15, -0.1) is 11.8 Å². The quantitative estimate of drug-likeness (QED) is 0.800. The smallest absolute Gasteiger partial charge is 0.184 e. The number of fused-ring (bicyclic) bond motifs is 3. The first-order chi connectivity index (χ1) is 10.4. The summed E-state index contributed by atoms with van der Waals surface area (Å²) < 4.78 is 23.9. The Hall–Kier alpha value is -0.590. The summed E-state index contributed by atoms with van der Waals surface area (Å²) in [7, 11) is 0. The first-order valence-corrected chi connectivity index (χ1v) is 8.66. The highest BCUT2D eigenvalue weighted by atomic mass is 32.2. The number of hydrogen-bond donors (Lipinski definition) is 0. The first kappa shape index (κ1) is 14.0. The summed E-state index contributed by atoms with van der Waals surface area (Å²) >= 11 is 1.84. The van der Waals surface area contributed by atoms with Gasteiger partial charge in [-0.05, 0) is 12.2 Å². The normalized spacial score (nSPS) is 41.2. The fraction of sp³-hybridized carbons (Fsp3) is 0.625. The largest absolute Gasteiger partial charge is 0.363 e. The van der Waals surface area contributed by atoms with Gasteiger partial charge in [0.15, 0.2) is 6.29 Å². The molecule has 3 aliphatic heterocycles. The monoisotopic (exact) mass is 308 g/mol. The highest BCUT2D eigenvalue weighted by molar-refractivity contribution is 7.99. The average Bonchev–Trinajstić information content (AvgIpc) is 3.34. The minimum absolute atomic E-state index is 0.00701. The van der Waals surface area contributed by atoms with Crippen molar-refractivity contribution < 1.29 is 18.9 Å². The lowest BCUT2D eigenvalue weighted by molar-refractivity contribution is -0.276. The van der Waals surface area contributed by atoms with E-state index in [1.165, 1.54) is 0 Å². The number of rotatable bonds is 4. The molecular formula is C16H20O4S. The molecule has 5 heteroatoms. The van der Waals surface area contributed by atoms with Crippen LogP contribution in [0.25, 0.3) is 0 Å². The fourth-order valence-electron chi connectivity index (χ4n) is 2.97. The third-order valence-electron chi connectivity index (χ3n) is 4.08. The van der Waals surface area contributed by atoms with Crippen molar-refractivity contribution in [1.82, 2.24) is 0 Å². The van der Waals surface area contributed by atoms with Gasteiger partial charge in [0.2, 0.25) is 0 Å². The highest BCUT2D eigenvalue weighted by Gasteiger charge is 2.60. The molecule has 0 aromatic heterocycles. The Labute approximate surface area is 129 Å².